The van der Waals surface area contributed by atoms with Crippen molar-refractivity contribution in [3.8, 4) is 0 Å². The molecule has 0 bridgehead atoms. The van der Waals surface area contributed by atoms with E-state index in [4.69, 9.17) is 81.7 Å². The first-order valence-electron chi connectivity index (χ1n) is 35.0. The van der Waals surface area contributed by atoms with Gasteiger partial charge in [-0.1, -0.05) is 0 Å². The second-order valence-electron chi connectivity index (χ2n) is 24.3. The van der Waals surface area contributed by atoms with Crippen molar-refractivity contribution in [2.75, 3.05) is 205 Å². The maximum atomic E-state index is 13.7. The zero-order valence-electron chi connectivity index (χ0n) is 60.4. The molecule has 15 atom stereocenters. The van der Waals surface area contributed by atoms with Crippen LogP contribution in [0.15, 0.2) is 0 Å². The molecule has 0 aromatic carbocycles. The highest BCUT2D eigenvalue weighted by atomic mass is 16.7. The Kier molecular flexibility index (Phi) is 50.9. The lowest BCUT2D eigenvalue weighted by Crippen LogP contribution is -2.64. The lowest BCUT2D eigenvalue weighted by molar-refractivity contribution is -0.272. The van der Waals surface area contributed by atoms with Gasteiger partial charge in [0.2, 0.25) is 47.3 Å². The number of hydrogen-bond donors (Lipinski definition) is 18. The second kappa shape index (κ2) is 56.8. The molecule has 0 radical (unpaired) electrons. The van der Waals surface area contributed by atoms with E-state index in [2.05, 4.69) is 47.4 Å². The van der Waals surface area contributed by atoms with Crippen molar-refractivity contribution in [3.05, 3.63) is 0 Å². The monoisotopic (exact) mass is 1540 g/mol. The van der Waals surface area contributed by atoms with Gasteiger partial charge in [-0.3, -0.25) is 43.2 Å². The largest absolute Gasteiger partial charge is 0.394 e. The van der Waals surface area contributed by atoms with E-state index in [0.717, 1.165) is 0 Å². The minimum absolute atomic E-state index is 0.0427. The first kappa shape index (κ1) is 94.9. The number of ether oxygens (including phenoxy) is 16. The Morgan fingerprint density at radius 3 is 0.972 bits per heavy atom. The SMILES string of the molecule is CC(=O)NC1C(O)[C@@H](O)C(CO)O[C@H]1OCCOCCOCCNC(=O)CCOCC(COCCC(=O)NCCOCCOCCO[C@@H]1OC(CO)[C@H](O)C(O)C1NC(C)=O)(COCCC(=O)NCCOCCOCCO[C@@H]1OC(CO)[C@H](O)C(O)C1NC(C)=O)NC(=O)COCCCCNC(=O)CON. The van der Waals surface area contributed by atoms with E-state index < -0.39 is 171 Å². The number of aliphatic hydroxyl groups excluding tert-OH is 9. The number of unbranched alkanes of at least 4 members (excludes halogenated alkanes) is 1. The Balaban J connectivity index is 1.52. The van der Waals surface area contributed by atoms with Crippen LogP contribution in [0.25, 0.3) is 0 Å². The number of nitrogens with one attached hydrogen (secondary N) is 8. The molecule has 3 heterocycles. The van der Waals surface area contributed by atoms with Crippen LogP contribution in [-0.4, -0.2) is 395 Å². The minimum Gasteiger partial charge on any atom is -0.394 e. The molecule has 0 aromatic heterocycles. The average Bonchev–Trinajstić information content (AvgIpc) is 0.823. The second-order valence-corrected chi connectivity index (χ2v) is 24.3. The molecule has 3 aliphatic heterocycles. The molecule has 8 amide bonds. The predicted octanol–water partition coefficient (Wildman–Crippen LogP) is -10.8. The van der Waals surface area contributed by atoms with E-state index in [9.17, 15) is 84.3 Å². The van der Waals surface area contributed by atoms with Crippen molar-refractivity contribution in [2.45, 2.75) is 150 Å². The fourth-order valence-corrected chi connectivity index (χ4v) is 10.2. The van der Waals surface area contributed by atoms with E-state index >= 15 is 0 Å². The summed E-state index contributed by atoms with van der Waals surface area (Å²) < 4.78 is 90.3. The molecule has 19 N–H and O–H groups in total. The first-order valence-corrected chi connectivity index (χ1v) is 35.0. The summed E-state index contributed by atoms with van der Waals surface area (Å²) in [4.78, 5) is 104. The first-order chi connectivity index (χ1) is 51.0. The number of carbonyl (C=O) groups excluding carboxylic acids is 8. The van der Waals surface area contributed by atoms with Gasteiger partial charge in [-0.2, -0.15) is 0 Å². The van der Waals surface area contributed by atoms with Crippen LogP contribution < -0.4 is 48.4 Å². The molecule has 3 saturated heterocycles. The maximum absolute atomic E-state index is 13.7. The summed E-state index contributed by atoms with van der Waals surface area (Å²) in [6, 6.07) is -3.33. The van der Waals surface area contributed by atoms with Crippen LogP contribution in [0.1, 0.15) is 52.9 Å². The highest BCUT2D eigenvalue weighted by Crippen LogP contribution is 2.25. The highest BCUT2D eigenvalue weighted by molar-refractivity contribution is 5.79. The molecule has 9 unspecified atom stereocenters. The van der Waals surface area contributed by atoms with Crippen molar-refractivity contribution >= 4 is 47.3 Å². The molecule has 0 aliphatic carbocycles. The fourth-order valence-electron chi connectivity index (χ4n) is 10.2. The van der Waals surface area contributed by atoms with Gasteiger partial charge in [-0.05, 0) is 12.8 Å². The molecule has 0 saturated carbocycles. The average molecular weight is 1540 g/mol. The molecule has 0 spiro atoms. The molecule has 43 nitrogen and oxygen atoms in total. The van der Waals surface area contributed by atoms with Gasteiger partial charge in [-0.25, -0.2) is 5.90 Å². The van der Waals surface area contributed by atoms with Crippen LogP contribution >= 0.6 is 0 Å². The number of rotatable bonds is 61. The molecule has 3 fully saturated rings. The molecule has 3 rings (SSSR count). The van der Waals surface area contributed by atoms with Crippen molar-refractivity contribution in [1.29, 1.82) is 0 Å². The van der Waals surface area contributed by atoms with E-state index in [-0.39, 0.29) is 191 Å². The molecule has 0 aromatic rings. The van der Waals surface area contributed by atoms with Crippen LogP contribution in [-0.2, 0) is 119 Å². The molecule has 3 aliphatic rings. The van der Waals surface area contributed by atoms with Crippen LogP contribution in [0, 0.1) is 0 Å². The summed E-state index contributed by atoms with van der Waals surface area (Å²) in [5, 5.41) is 112. The zero-order chi connectivity index (χ0) is 77.9. The quantitative estimate of drug-likeness (QED) is 0.0199. The van der Waals surface area contributed by atoms with Crippen LogP contribution in [0.4, 0.5) is 0 Å². The number of nitrogens with two attached hydrogens (primary N) is 1. The Bertz CT molecular complexity index is 2230. The van der Waals surface area contributed by atoms with Crippen LogP contribution in [0.2, 0.25) is 0 Å². The molecule has 616 valence electrons. The number of hydrogen-bond acceptors (Lipinski definition) is 35. The van der Waals surface area contributed by atoms with Gasteiger partial charge in [0.1, 0.15) is 91.8 Å². The lowest BCUT2D eigenvalue weighted by Gasteiger charge is -2.42. The van der Waals surface area contributed by atoms with Gasteiger partial charge in [-0.15, -0.1) is 0 Å². The van der Waals surface area contributed by atoms with Gasteiger partial charge in [0.25, 0.3) is 0 Å². The minimum atomic E-state index is -1.51. The third-order valence-electron chi connectivity index (χ3n) is 15.5. The number of carbonyl (C=O) groups is 8. The number of aliphatic hydroxyl groups is 9. The third kappa shape index (κ3) is 39.9. The smallest absolute Gasteiger partial charge is 0.248 e. The fraction of sp³-hybridized carbons (Fsp3) is 0.873. The van der Waals surface area contributed by atoms with Gasteiger partial charge >= 0.3 is 0 Å². The Morgan fingerprint density at radius 1 is 0.349 bits per heavy atom. The van der Waals surface area contributed by atoms with E-state index in [1.165, 1.54) is 20.8 Å². The van der Waals surface area contributed by atoms with Gasteiger partial charge in [0.05, 0.1) is 159 Å². The topological polar surface area (TPSA) is 598 Å². The summed E-state index contributed by atoms with van der Waals surface area (Å²) in [5.74, 6) is 1.16. The van der Waals surface area contributed by atoms with Gasteiger partial charge in [0, 0.05) is 72.8 Å². The summed E-state index contributed by atoms with van der Waals surface area (Å²) in [7, 11) is 0. The standard InChI is InChI=1S/C63H115N9O34/c1-40(76)69-51-57(87)54(84)43(32-73)104-60(51)100-29-26-93-23-20-90-17-10-66-46(79)6-14-97-37-63(72-50(83)35-96-13-5-4-9-65-49(82)36-103-64,38-98-15-7-47(80)67-11-18-91-21-24-94-27-30-101-61-52(70-41(2)77)58(88)55(85)44(33-74)105-61)39-99-16-8-48(81)68-12-19-92-22-25-95-28-31-102-62-53(71-42(3)78)59(89)56(86)45(34-75)106-62/h43-45,51-62,73-75,84-89H,4-39,64H2,1-3H3,(H,65,82)(H,66,79)(H,67,80)(H,68,81)(H,69,76)(H,70,77)(H,71,78)(H,72,83)/t43?,44?,45?,51?,52?,53?,54-,55-,56-,57?,58?,59?,60+,61+,62+,63?/m0/s1. The van der Waals surface area contributed by atoms with Crippen molar-refractivity contribution in [3.63, 3.8) is 0 Å². The zero-order valence-corrected chi connectivity index (χ0v) is 60.4. The van der Waals surface area contributed by atoms with Crippen molar-refractivity contribution < 1.29 is 165 Å². The maximum Gasteiger partial charge on any atom is 0.248 e. The van der Waals surface area contributed by atoms with Crippen LogP contribution in [0.3, 0.4) is 0 Å². The van der Waals surface area contributed by atoms with E-state index in [1.54, 1.807) is 0 Å². The third-order valence-corrected chi connectivity index (χ3v) is 15.5. The normalized spacial score (nSPS) is 25.0. The van der Waals surface area contributed by atoms with E-state index in [1.807, 2.05) is 0 Å². The molecular formula is C63H115N9O34. The summed E-state index contributed by atoms with van der Waals surface area (Å²) in [6.45, 7) is 1.53. The van der Waals surface area contributed by atoms with Crippen LogP contribution in [0.5, 0.6) is 0 Å². The van der Waals surface area contributed by atoms with Gasteiger partial charge in [0.15, 0.2) is 18.9 Å². The van der Waals surface area contributed by atoms with Gasteiger partial charge < -0.3 is 164 Å². The summed E-state index contributed by atoms with van der Waals surface area (Å²) >= 11 is 0. The lowest BCUT2D eigenvalue weighted by atomic mass is 9.97. The molecule has 106 heavy (non-hydrogen) atoms. The predicted molar refractivity (Wildman–Crippen MR) is 358 cm³/mol. The number of amides is 8. The van der Waals surface area contributed by atoms with Crippen molar-refractivity contribution in [1.82, 2.24) is 42.5 Å². The molecular weight excluding hydrogens is 1430 g/mol. The Labute approximate surface area is 613 Å². The summed E-state index contributed by atoms with van der Waals surface area (Å²) in [6.07, 6.45) is -15.3. The van der Waals surface area contributed by atoms with Crippen molar-refractivity contribution in [2.24, 2.45) is 5.90 Å². The molecule has 43 heteroatoms. The summed E-state index contributed by atoms with van der Waals surface area (Å²) in [5.41, 5.74) is -1.51. The highest BCUT2D eigenvalue weighted by Gasteiger charge is 2.48. The van der Waals surface area contributed by atoms with E-state index in [0.29, 0.717) is 19.4 Å². The Morgan fingerprint density at radius 2 is 0.660 bits per heavy atom. The Hall–Kier alpha value is -5.32.